The van der Waals surface area contributed by atoms with Gasteiger partial charge in [-0.25, -0.2) is 8.78 Å². The van der Waals surface area contributed by atoms with Crippen LogP contribution in [0.25, 0.3) is 0 Å². The van der Waals surface area contributed by atoms with Crippen molar-refractivity contribution < 1.29 is 8.78 Å². The summed E-state index contributed by atoms with van der Waals surface area (Å²) < 4.78 is 25.2. The Balaban J connectivity index is 2.52. The smallest absolute Gasteiger partial charge is 0.207 e. The Hall–Kier alpha value is 0.340. The molecule has 0 nitrogen and oxygen atoms in total. The minimum Gasteiger partial charge on any atom is -0.207 e. The van der Waals surface area contributed by atoms with Gasteiger partial charge in [0, 0.05) is 17.7 Å². The highest BCUT2D eigenvalue weighted by Gasteiger charge is 2.42. The van der Waals surface area contributed by atoms with Gasteiger partial charge in [0.1, 0.15) is 0 Å². The molecule has 0 bridgehead atoms. The van der Waals surface area contributed by atoms with Crippen molar-refractivity contribution in [2.24, 2.45) is 5.92 Å². The summed E-state index contributed by atoms with van der Waals surface area (Å²) in [4.78, 5) is 0. The molecule has 0 aromatic carbocycles. The Kier molecular flexibility index (Phi) is 2.09. The lowest BCUT2D eigenvalue weighted by atomic mass is 10.1. The number of rotatable bonds is 1. The number of hydrogen-bond donors (Lipinski definition) is 0. The topological polar surface area (TPSA) is 0 Å². The van der Waals surface area contributed by atoms with Gasteiger partial charge in [0.2, 0.25) is 0 Å². The molecule has 0 heterocycles. The summed E-state index contributed by atoms with van der Waals surface area (Å²) >= 11 is 3.07. The normalized spacial score (nSPS) is 33.0. The lowest BCUT2D eigenvalue weighted by molar-refractivity contribution is -0.0277. The molecule has 3 heteroatoms. The second-order valence-electron chi connectivity index (χ2n) is 2.50. The zero-order chi connectivity index (χ0) is 6.91. The van der Waals surface area contributed by atoms with Gasteiger partial charge in [-0.15, -0.1) is 0 Å². The molecule has 1 rings (SSSR count). The lowest BCUT2D eigenvalue weighted by Crippen LogP contribution is -2.22. The van der Waals surface area contributed by atoms with Crippen molar-refractivity contribution in [2.75, 3.05) is 5.33 Å². The molecule has 0 aromatic heterocycles. The van der Waals surface area contributed by atoms with Crippen LogP contribution in [0.2, 0.25) is 0 Å². The van der Waals surface area contributed by atoms with Crippen LogP contribution in [0.15, 0.2) is 0 Å². The molecule has 0 aliphatic heterocycles. The molecule has 0 aromatic rings. The third-order valence-electron chi connectivity index (χ3n) is 1.85. The molecule has 0 radical (unpaired) electrons. The maximum atomic E-state index is 12.6. The second-order valence-corrected chi connectivity index (χ2v) is 3.15. The van der Waals surface area contributed by atoms with Crippen LogP contribution in [0.5, 0.6) is 0 Å². The van der Waals surface area contributed by atoms with Crippen molar-refractivity contribution in [1.29, 1.82) is 0 Å². The molecule has 54 valence electrons. The fraction of sp³-hybridized carbons (Fsp3) is 1.00. The third-order valence-corrected chi connectivity index (χ3v) is 2.63. The highest BCUT2D eigenvalue weighted by Crippen LogP contribution is 2.40. The third kappa shape index (κ3) is 1.42. The summed E-state index contributed by atoms with van der Waals surface area (Å²) in [7, 11) is 0. The van der Waals surface area contributed by atoms with E-state index < -0.39 is 11.8 Å². The maximum absolute atomic E-state index is 12.6. The molecule has 9 heavy (non-hydrogen) atoms. The quantitative estimate of drug-likeness (QED) is 0.569. The van der Waals surface area contributed by atoms with Crippen LogP contribution in [0, 0.1) is 5.92 Å². The summed E-state index contributed by atoms with van der Waals surface area (Å²) in [5.74, 6) is -2.79. The molecular weight excluding hydrogens is 190 g/mol. The Morgan fingerprint density at radius 2 is 2.22 bits per heavy atom. The van der Waals surface area contributed by atoms with Gasteiger partial charge in [-0.1, -0.05) is 15.9 Å². The molecule has 0 amide bonds. The average Bonchev–Trinajstić information content (AvgIpc) is 2.08. The summed E-state index contributed by atoms with van der Waals surface area (Å²) in [6.07, 6.45) is 1.45. The average molecular weight is 199 g/mol. The first-order chi connectivity index (χ1) is 4.17. The van der Waals surface area contributed by atoms with Crippen LogP contribution in [-0.2, 0) is 0 Å². The minimum atomic E-state index is -2.39. The van der Waals surface area contributed by atoms with E-state index in [0.29, 0.717) is 18.2 Å². The van der Waals surface area contributed by atoms with E-state index in [-0.39, 0.29) is 6.42 Å². The molecule has 0 unspecified atom stereocenters. The first-order valence-electron chi connectivity index (χ1n) is 3.10. The molecule has 1 aliphatic carbocycles. The first-order valence-corrected chi connectivity index (χ1v) is 4.23. The molecule has 1 saturated carbocycles. The zero-order valence-corrected chi connectivity index (χ0v) is 6.63. The number of hydrogen-bond acceptors (Lipinski definition) is 0. The first kappa shape index (κ1) is 7.45. The fourth-order valence-corrected chi connectivity index (χ4v) is 1.99. The predicted molar refractivity (Wildman–Crippen MR) is 36.1 cm³/mol. The Morgan fingerprint density at radius 3 is 2.44 bits per heavy atom. The van der Waals surface area contributed by atoms with Crippen molar-refractivity contribution in [3.63, 3.8) is 0 Å². The molecule has 0 spiro atoms. The standard InChI is InChI=1S/C6H9BrF2/c7-4-5-2-1-3-6(5,8)9/h5H,1-4H2/t5-/m0/s1. The maximum Gasteiger partial charge on any atom is 0.251 e. The molecule has 1 aliphatic rings. The largest absolute Gasteiger partial charge is 0.251 e. The molecule has 0 N–H and O–H groups in total. The van der Waals surface area contributed by atoms with Crippen molar-refractivity contribution >= 4 is 15.9 Å². The molecule has 1 atom stereocenters. The number of halogens is 3. The van der Waals surface area contributed by atoms with Crippen LogP contribution < -0.4 is 0 Å². The van der Waals surface area contributed by atoms with E-state index in [1.807, 2.05) is 0 Å². The van der Waals surface area contributed by atoms with E-state index in [0.717, 1.165) is 0 Å². The Bertz CT molecular complexity index is 103. The van der Waals surface area contributed by atoms with Crippen LogP contribution in [0.4, 0.5) is 8.78 Å². The molecule has 0 saturated heterocycles. The van der Waals surface area contributed by atoms with E-state index >= 15 is 0 Å². The summed E-state index contributed by atoms with van der Waals surface area (Å²) in [5.41, 5.74) is 0. The van der Waals surface area contributed by atoms with Crippen LogP contribution in [-0.4, -0.2) is 11.3 Å². The Morgan fingerprint density at radius 1 is 1.56 bits per heavy atom. The second kappa shape index (κ2) is 2.52. The summed E-state index contributed by atoms with van der Waals surface area (Å²) in [6.45, 7) is 0. The SMILES string of the molecule is FC1(F)CCC[C@H]1CBr. The van der Waals surface area contributed by atoms with E-state index in [1.54, 1.807) is 0 Å². The highest BCUT2D eigenvalue weighted by molar-refractivity contribution is 9.09. The van der Waals surface area contributed by atoms with Crippen molar-refractivity contribution in [3.05, 3.63) is 0 Å². The van der Waals surface area contributed by atoms with Gasteiger partial charge >= 0.3 is 0 Å². The van der Waals surface area contributed by atoms with Gasteiger partial charge in [-0.05, 0) is 12.8 Å². The van der Waals surface area contributed by atoms with Crippen molar-refractivity contribution in [1.82, 2.24) is 0 Å². The van der Waals surface area contributed by atoms with Crippen molar-refractivity contribution in [3.8, 4) is 0 Å². The van der Waals surface area contributed by atoms with Crippen LogP contribution >= 0.6 is 15.9 Å². The fourth-order valence-electron chi connectivity index (χ4n) is 1.19. The number of alkyl halides is 3. The van der Waals surface area contributed by atoms with E-state index in [1.165, 1.54) is 0 Å². The molecular formula is C6H9BrF2. The van der Waals surface area contributed by atoms with Gasteiger partial charge in [-0.2, -0.15) is 0 Å². The van der Waals surface area contributed by atoms with Crippen molar-refractivity contribution in [2.45, 2.75) is 25.2 Å². The zero-order valence-electron chi connectivity index (χ0n) is 5.04. The monoisotopic (exact) mass is 198 g/mol. The van der Waals surface area contributed by atoms with Gasteiger partial charge in [0.25, 0.3) is 5.92 Å². The van der Waals surface area contributed by atoms with Crippen LogP contribution in [0.1, 0.15) is 19.3 Å². The Labute approximate surface area is 61.8 Å². The van der Waals surface area contributed by atoms with E-state index in [2.05, 4.69) is 15.9 Å². The van der Waals surface area contributed by atoms with Gasteiger partial charge < -0.3 is 0 Å². The van der Waals surface area contributed by atoms with Crippen LogP contribution in [0.3, 0.4) is 0 Å². The minimum absolute atomic E-state index is 0.0866. The van der Waals surface area contributed by atoms with E-state index in [9.17, 15) is 8.78 Å². The van der Waals surface area contributed by atoms with Gasteiger partial charge in [-0.3, -0.25) is 0 Å². The molecule has 1 fully saturated rings. The van der Waals surface area contributed by atoms with Gasteiger partial charge in [0.15, 0.2) is 0 Å². The van der Waals surface area contributed by atoms with E-state index in [4.69, 9.17) is 0 Å². The highest BCUT2D eigenvalue weighted by atomic mass is 79.9. The van der Waals surface area contributed by atoms with Gasteiger partial charge in [0.05, 0.1) is 0 Å². The summed E-state index contributed by atoms with van der Waals surface area (Å²) in [6, 6.07) is 0. The lowest BCUT2D eigenvalue weighted by Gasteiger charge is -2.15. The summed E-state index contributed by atoms with van der Waals surface area (Å²) in [5, 5.41) is 0.444. The predicted octanol–water partition coefficient (Wildman–Crippen LogP) is 2.82.